The predicted octanol–water partition coefficient (Wildman–Crippen LogP) is 7.92. The molecular weight excluding hydrogens is 676 g/mol. The Morgan fingerprint density at radius 3 is 2.41 bits per heavy atom. The number of nitrogens with zero attached hydrogens (tertiary/aromatic N) is 6. The molecule has 7 rings (SSSR count). The smallest absolute Gasteiger partial charge is 0.333 e. The second-order valence-corrected chi connectivity index (χ2v) is 16.1. The van der Waals surface area contributed by atoms with Crippen molar-refractivity contribution in [3.8, 4) is 16.8 Å². The van der Waals surface area contributed by atoms with Crippen LogP contribution >= 0.6 is 11.6 Å². The number of benzene rings is 2. The van der Waals surface area contributed by atoms with Gasteiger partial charge in [-0.05, 0) is 83.2 Å². The second kappa shape index (κ2) is 12.9. The topological polar surface area (TPSA) is 121 Å². The van der Waals surface area contributed by atoms with Crippen molar-refractivity contribution in [3.63, 3.8) is 0 Å². The SMILES string of the molecule is CC(C)(C)C[C@]1(c2ccc(-c3cnn(C(F)F)c3)cc2)N=C(N)N([C@H](COC(=O)CC2(C)CC2)c2ccc(Cl)c(-n3cc(C4CC4)cn3)c2)C1=O. The number of aromatic nitrogens is 4. The summed E-state index contributed by atoms with van der Waals surface area (Å²) in [4.78, 5) is 34.4. The third-order valence-electron chi connectivity index (χ3n) is 10.0. The molecule has 4 aromatic rings. The Kier molecular flexibility index (Phi) is 8.80. The van der Waals surface area contributed by atoms with Crippen molar-refractivity contribution in [1.82, 2.24) is 24.5 Å². The molecule has 2 aromatic carbocycles. The van der Waals surface area contributed by atoms with Crippen LogP contribution in [0.3, 0.4) is 0 Å². The molecule has 0 saturated heterocycles. The monoisotopic (exact) mass is 717 g/mol. The molecule has 13 heteroatoms. The van der Waals surface area contributed by atoms with Crippen LogP contribution in [0, 0.1) is 10.8 Å². The summed E-state index contributed by atoms with van der Waals surface area (Å²) in [7, 11) is 0. The van der Waals surface area contributed by atoms with Crippen LogP contribution in [0.2, 0.25) is 5.02 Å². The first-order valence-corrected chi connectivity index (χ1v) is 17.6. The molecule has 2 aromatic heterocycles. The zero-order valence-corrected chi connectivity index (χ0v) is 29.9. The molecule has 0 radical (unpaired) electrons. The molecule has 0 spiro atoms. The molecule has 2 fully saturated rings. The van der Waals surface area contributed by atoms with Gasteiger partial charge in [0.05, 0.1) is 35.6 Å². The summed E-state index contributed by atoms with van der Waals surface area (Å²) in [5, 5.41) is 8.79. The lowest BCUT2D eigenvalue weighted by Gasteiger charge is -2.35. The van der Waals surface area contributed by atoms with Crippen molar-refractivity contribution in [2.75, 3.05) is 6.61 Å². The first-order chi connectivity index (χ1) is 24.1. The highest BCUT2D eigenvalue weighted by Gasteiger charge is 2.53. The number of esters is 1. The van der Waals surface area contributed by atoms with Crippen LogP contribution < -0.4 is 5.73 Å². The second-order valence-electron chi connectivity index (χ2n) is 15.7. The number of carbonyl (C=O) groups is 2. The van der Waals surface area contributed by atoms with Gasteiger partial charge in [-0.15, -0.1) is 0 Å². The number of aliphatic imine (C=N–C) groups is 1. The number of alkyl halides is 2. The number of guanidine groups is 1. The Labute approximate surface area is 300 Å². The van der Waals surface area contributed by atoms with Gasteiger partial charge in [0.2, 0.25) is 0 Å². The van der Waals surface area contributed by atoms with E-state index >= 15 is 4.79 Å². The maximum Gasteiger partial charge on any atom is 0.333 e. The maximum atomic E-state index is 15.0. The van der Waals surface area contributed by atoms with Gasteiger partial charge in [-0.25, -0.2) is 14.4 Å². The van der Waals surface area contributed by atoms with Gasteiger partial charge in [0.25, 0.3) is 5.91 Å². The summed E-state index contributed by atoms with van der Waals surface area (Å²) < 4.78 is 34.6. The molecule has 1 amide bonds. The molecule has 0 unspecified atom stereocenters. The minimum atomic E-state index is -2.76. The average Bonchev–Trinajstić information content (AvgIpc) is 3.89. The predicted molar refractivity (Wildman–Crippen MR) is 189 cm³/mol. The number of carbonyl (C=O) groups excluding carboxylic acids is 2. The number of hydrogen-bond acceptors (Lipinski definition) is 7. The van der Waals surface area contributed by atoms with E-state index in [2.05, 4.69) is 17.1 Å². The molecule has 3 heterocycles. The van der Waals surface area contributed by atoms with E-state index in [1.807, 2.05) is 39.2 Å². The van der Waals surface area contributed by atoms with Crippen LogP contribution in [0.15, 0.2) is 72.2 Å². The molecule has 268 valence electrons. The van der Waals surface area contributed by atoms with E-state index < -0.39 is 18.1 Å². The third kappa shape index (κ3) is 7.15. The van der Waals surface area contributed by atoms with Gasteiger partial charge in [-0.3, -0.25) is 14.5 Å². The Morgan fingerprint density at radius 2 is 1.78 bits per heavy atom. The fourth-order valence-electron chi connectivity index (χ4n) is 6.90. The largest absolute Gasteiger partial charge is 0.463 e. The molecule has 3 aliphatic rings. The molecule has 10 nitrogen and oxygen atoms in total. The van der Waals surface area contributed by atoms with Gasteiger partial charge in [0.1, 0.15) is 6.61 Å². The van der Waals surface area contributed by atoms with Crippen molar-refractivity contribution < 1.29 is 23.1 Å². The van der Waals surface area contributed by atoms with Gasteiger partial charge >= 0.3 is 12.5 Å². The molecule has 2 saturated carbocycles. The molecule has 2 aliphatic carbocycles. The molecule has 0 bridgehead atoms. The summed E-state index contributed by atoms with van der Waals surface area (Å²) in [6, 6.07) is 11.7. The third-order valence-corrected chi connectivity index (χ3v) is 10.4. The molecule has 2 N–H and O–H groups in total. The van der Waals surface area contributed by atoms with E-state index in [1.54, 1.807) is 41.1 Å². The van der Waals surface area contributed by atoms with E-state index in [0.29, 0.717) is 50.0 Å². The minimum absolute atomic E-state index is 0.00616. The number of nitrogens with two attached hydrogens (primary N) is 1. The Hall–Kier alpha value is -4.58. The van der Waals surface area contributed by atoms with Gasteiger partial charge in [-0.1, -0.05) is 69.6 Å². The van der Waals surface area contributed by atoms with E-state index in [9.17, 15) is 13.6 Å². The normalized spacial score (nSPS) is 20.5. The van der Waals surface area contributed by atoms with Crippen molar-refractivity contribution >= 4 is 29.4 Å². The number of amides is 1. The first kappa shape index (κ1) is 34.9. The highest BCUT2D eigenvalue weighted by Crippen LogP contribution is 2.49. The maximum absolute atomic E-state index is 15.0. The van der Waals surface area contributed by atoms with Gasteiger partial charge < -0.3 is 10.5 Å². The molecule has 1 aliphatic heterocycles. The summed E-state index contributed by atoms with van der Waals surface area (Å²) in [6.07, 6.45) is 11.3. The lowest BCUT2D eigenvalue weighted by molar-refractivity contribution is -0.148. The Morgan fingerprint density at radius 1 is 1.06 bits per heavy atom. The Bertz CT molecular complexity index is 1990. The number of ether oxygens (including phenoxy) is 1. The average molecular weight is 718 g/mol. The van der Waals surface area contributed by atoms with Crippen molar-refractivity contribution in [1.29, 1.82) is 0 Å². The van der Waals surface area contributed by atoms with E-state index in [1.165, 1.54) is 17.3 Å². The van der Waals surface area contributed by atoms with Crippen LogP contribution in [-0.4, -0.2) is 48.9 Å². The van der Waals surface area contributed by atoms with Crippen LogP contribution in [0.5, 0.6) is 0 Å². The summed E-state index contributed by atoms with van der Waals surface area (Å²) in [6.45, 7) is 5.21. The quantitative estimate of drug-likeness (QED) is 0.149. The van der Waals surface area contributed by atoms with E-state index in [4.69, 9.17) is 27.1 Å². The molecular formula is C38H42ClF2N7O3. The van der Waals surface area contributed by atoms with Crippen LogP contribution in [-0.2, 0) is 19.9 Å². The lowest BCUT2D eigenvalue weighted by Crippen LogP contribution is -2.47. The van der Waals surface area contributed by atoms with Gasteiger partial charge in [0.15, 0.2) is 11.5 Å². The molecule has 51 heavy (non-hydrogen) atoms. The minimum Gasteiger partial charge on any atom is -0.463 e. The fraction of sp³-hybridized carbons (Fsp3) is 0.447. The summed E-state index contributed by atoms with van der Waals surface area (Å²) in [5.74, 6) is -0.215. The molecule has 2 atom stereocenters. The number of hydrogen-bond donors (Lipinski definition) is 1. The summed E-state index contributed by atoms with van der Waals surface area (Å²) >= 11 is 6.72. The van der Waals surface area contributed by atoms with Crippen LogP contribution in [0.1, 0.15) is 101 Å². The standard InChI is InChI=1S/C38H42ClF2N7O3/c1-36(2,3)22-38(28-10-7-24(8-11-28)27-18-44-47(20-27)34(40)41)33(50)48(35(42)45-38)31(21-51-32(49)16-37(4)13-14-37)25-9-12-29(39)30(15-25)46-19-26(17-43-46)23-5-6-23/h7-12,15,17-20,23,31,34H,5-6,13-14,16,21-22H2,1-4H3,(H2,42,45)/t31-,38-/m1/s1. The van der Waals surface area contributed by atoms with E-state index in [0.717, 1.165) is 31.2 Å². The summed E-state index contributed by atoms with van der Waals surface area (Å²) in [5.41, 5.74) is 9.05. The van der Waals surface area contributed by atoms with Crippen LogP contribution in [0.25, 0.3) is 16.8 Å². The van der Waals surface area contributed by atoms with Gasteiger partial charge in [0, 0.05) is 18.0 Å². The van der Waals surface area contributed by atoms with Crippen molar-refractivity contribution in [3.05, 3.63) is 89.0 Å². The van der Waals surface area contributed by atoms with Crippen LogP contribution in [0.4, 0.5) is 8.78 Å². The Balaban J connectivity index is 1.25. The fourth-order valence-corrected chi connectivity index (χ4v) is 7.10. The van der Waals surface area contributed by atoms with Crippen molar-refractivity contribution in [2.45, 2.75) is 90.3 Å². The first-order valence-electron chi connectivity index (χ1n) is 17.3. The zero-order chi connectivity index (χ0) is 36.3. The number of halogens is 3. The highest BCUT2D eigenvalue weighted by atomic mass is 35.5. The van der Waals surface area contributed by atoms with E-state index in [-0.39, 0.29) is 41.7 Å². The highest BCUT2D eigenvalue weighted by molar-refractivity contribution is 6.32. The number of rotatable bonds is 12. The zero-order valence-electron chi connectivity index (χ0n) is 29.2. The van der Waals surface area contributed by atoms with Gasteiger partial charge in [-0.2, -0.15) is 19.0 Å². The lowest BCUT2D eigenvalue weighted by atomic mass is 9.75. The van der Waals surface area contributed by atoms with Crippen molar-refractivity contribution in [2.24, 2.45) is 21.6 Å².